The topological polar surface area (TPSA) is 97.3 Å². The maximum Gasteiger partial charge on any atom is 0.372 e. The Balaban J connectivity index is 2.39. The Kier molecular flexibility index (Phi) is 5.23. The molecule has 0 radical (unpaired) electrons. The molecule has 5 nitrogen and oxygen atoms in total. The van der Waals surface area contributed by atoms with E-state index in [1.807, 2.05) is 12.1 Å². The number of rotatable bonds is 5. The van der Waals surface area contributed by atoms with Crippen LogP contribution in [0.1, 0.15) is 46.3 Å². The van der Waals surface area contributed by atoms with Crippen LogP contribution >= 0.6 is 0 Å². The molecule has 2 aromatic carbocycles. The smallest absolute Gasteiger partial charge is 0.372 e. The Hall–Kier alpha value is -3.52. The first-order chi connectivity index (χ1) is 13.4. The van der Waals surface area contributed by atoms with E-state index in [1.165, 1.54) is 12.1 Å². The van der Waals surface area contributed by atoms with Crippen molar-refractivity contribution in [3.8, 4) is 34.1 Å². The predicted molar refractivity (Wildman–Crippen MR) is 104 cm³/mol. The molecule has 0 fully saturated rings. The third-order valence-electron chi connectivity index (χ3n) is 4.79. The van der Waals surface area contributed by atoms with Gasteiger partial charge in [-0.2, -0.15) is 5.26 Å². The zero-order chi connectivity index (χ0) is 20.4. The Morgan fingerprint density at radius 2 is 1.86 bits per heavy atom. The van der Waals surface area contributed by atoms with Gasteiger partial charge in [-0.3, -0.25) is 0 Å². The van der Waals surface area contributed by atoms with E-state index in [0.29, 0.717) is 28.0 Å². The van der Waals surface area contributed by atoms with E-state index in [4.69, 9.17) is 4.42 Å². The zero-order valence-electron chi connectivity index (χ0n) is 16.0. The second-order valence-electron chi connectivity index (χ2n) is 6.74. The van der Waals surface area contributed by atoms with Gasteiger partial charge in [0.25, 0.3) is 0 Å². The van der Waals surface area contributed by atoms with Gasteiger partial charge in [0.2, 0.25) is 5.76 Å². The van der Waals surface area contributed by atoms with Crippen LogP contribution in [0, 0.1) is 25.2 Å². The lowest BCUT2D eigenvalue weighted by atomic mass is 9.86. The summed E-state index contributed by atoms with van der Waals surface area (Å²) in [6.07, 6.45) is 1.74. The van der Waals surface area contributed by atoms with Crippen LogP contribution in [0.15, 0.2) is 40.8 Å². The molecule has 0 spiro atoms. The lowest BCUT2D eigenvalue weighted by Gasteiger charge is -2.16. The predicted octanol–water partition coefficient (Wildman–Crippen LogP) is 4.83. The normalized spacial score (nSPS) is 10.6. The molecular formula is C23H20NO4-. The van der Waals surface area contributed by atoms with Crippen LogP contribution in [0.3, 0.4) is 0 Å². The largest absolute Gasteiger partial charge is 0.872 e. The number of hydrogen-bond donors (Lipinski definition) is 1. The molecule has 0 atom stereocenters. The van der Waals surface area contributed by atoms with Crippen LogP contribution < -0.4 is 5.11 Å². The van der Waals surface area contributed by atoms with Crippen LogP contribution in [-0.4, -0.2) is 11.1 Å². The summed E-state index contributed by atoms with van der Waals surface area (Å²) in [6.45, 7) is 5.44. The number of aryl methyl sites for hydroxylation is 2. The minimum atomic E-state index is -1.15. The maximum atomic E-state index is 11.6. The van der Waals surface area contributed by atoms with Gasteiger partial charge in [0.15, 0.2) is 0 Å². The van der Waals surface area contributed by atoms with Crippen molar-refractivity contribution in [2.24, 2.45) is 0 Å². The fraction of sp³-hybridized carbons (Fsp3) is 0.217. The first kappa shape index (κ1) is 19.2. The van der Waals surface area contributed by atoms with Crippen molar-refractivity contribution in [2.45, 2.75) is 33.6 Å². The van der Waals surface area contributed by atoms with Crippen LogP contribution in [0.25, 0.3) is 22.3 Å². The number of hydrogen-bond acceptors (Lipinski definition) is 4. The van der Waals surface area contributed by atoms with Crippen molar-refractivity contribution in [3.63, 3.8) is 0 Å². The molecular weight excluding hydrogens is 354 g/mol. The molecule has 0 bridgehead atoms. The van der Waals surface area contributed by atoms with Gasteiger partial charge in [0, 0.05) is 16.7 Å². The molecule has 1 heterocycles. The van der Waals surface area contributed by atoms with E-state index in [9.17, 15) is 20.3 Å². The Morgan fingerprint density at radius 3 is 2.39 bits per heavy atom. The highest BCUT2D eigenvalue weighted by Gasteiger charge is 2.25. The molecule has 142 valence electrons. The van der Waals surface area contributed by atoms with Crippen molar-refractivity contribution in [1.82, 2.24) is 0 Å². The number of nitrogens with zero attached hydrogens (tertiary/aromatic N) is 1. The van der Waals surface area contributed by atoms with Gasteiger partial charge in [-0.15, -0.1) is 5.75 Å². The standard InChI is InChI=1S/C23H21NO4/c1-4-5-15-10-17(12-24)21(19(11-15)16-6-8-18(25)9-7-16)20-13(2)22(23(26)27)28-14(20)3/h6-11,25H,4-5H2,1-3H3,(H,26,27)/p-1. The van der Waals surface area contributed by atoms with Gasteiger partial charge < -0.3 is 14.6 Å². The minimum absolute atomic E-state index is 0.0978. The molecule has 3 aromatic rings. The molecule has 0 unspecified atom stereocenters. The van der Waals surface area contributed by atoms with E-state index in [-0.39, 0.29) is 11.5 Å². The molecule has 28 heavy (non-hydrogen) atoms. The number of nitriles is 1. The van der Waals surface area contributed by atoms with Gasteiger partial charge in [-0.1, -0.05) is 43.7 Å². The summed E-state index contributed by atoms with van der Waals surface area (Å²) in [5.41, 5.74) is 4.77. The molecule has 1 N–H and O–H groups in total. The van der Waals surface area contributed by atoms with Crippen molar-refractivity contribution in [3.05, 3.63) is 64.6 Å². The second-order valence-corrected chi connectivity index (χ2v) is 6.74. The zero-order valence-corrected chi connectivity index (χ0v) is 16.0. The van der Waals surface area contributed by atoms with E-state index in [2.05, 4.69) is 13.0 Å². The van der Waals surface area contributed by atoms with Crippen molar-refractivity contribution < 1.29 is 19.4 Å². The molecule has 5 heteroatoms. The second kappa shape index (κ2) is 7.61. The van der Waals surface area contributed by atoms with Crippen LogP contribution in [0.5, 0.6) is 5.75 Å². The van der Waals surface area contributed by atoms with Crippen molar-refractivity contribution in [1.29, 1.82) is 5.26 Å². The SMILES string of the molecule is CCCc1cc(C#N)c(-c2c(C)oc(C(=O)O)c2C)c(-c2ccc([O-])cc2)c1. The van der Waals surface area contributed by atoms with Gasteiger partial charge in [-0.05, 0) is 43.0 Å². The van der Waals surface area contributed by atoms with E-state index in [1.54, 1.807) is 26.0 Å². The summed E-state index contributed by atoms with van der Waals surface area (Å²) in [5, 5.41) is 30.8. The van der Waals surface area contributed by atoms with E-state index < -0.39 is 5.97 Å². The maximum absolute atomic E-state index is 11.6. The number of furan rings is 1. The van der Waals surface area contributed by atoms with E-state index >= 15 is 0 Å². The van der Waals surface area contributed by atoms with Gasteiger partial charge >= 0.3 is 5.97 Å². The fourth-order valence-corrected chi connectivity index (χ4v) is 3.58. The number of carboxylic acids is 1. The quantitative estimate of drug-likeness (QED) is 0.690. The fourth-order valence-electron chi connectivity index (χ4n) is 3.58. The third kappa shape index (κ3) is 3.37. The van der Waals surface area contributed by atoms with Crippen LogP contribution in [0.2, 0.25) is 0 Å². The monoisotopic (exact) mass is 374 g/mol. The summed E-state index contributed by atoms with van der Waals surface area (Å²) in [4.78, 5) is 11.5. The highest BCUT2D eigenvalue weighted by atomic mass is 16.4. The highest BCUT2D eigenvalue weighted by molar-refractivity contribution is 5.95. The molecule has 0 amide bonds. The minimum Gasteiger partial charge on any atom is -0.872 e. The molecule has 3 rings (SSSR count). The summed E-state index contributed by atoms with van der Waals surface area (Å²) < 4.78 is 5.49. The molecule has 0 saturated carbocycles. The van der Waals surface area contributed by atoms with Gasteiger partial charge in [0.1, 0.15) is 5.76 Å². The van der Waals surface area contributed by atoms with Crippen molar-refractivity contribution >= 4 is 5.97 Å². The Morgan fingerprint density at radius 1 is 1.18 bits per heavy atom. The highest BCUT2D eigenvalue weighted by Crippen LogP contribution is 2.41. The Bertz CT molecular complexity index is 1090. The summed E-state index contributed by atoms with van der Waals surface area (Å²) in [7, 11) is 0. The van der Waals surface area contributed by atoms with Crippen LogP contribution in [-0.2, 0) is 6.42 Å². The van der Waals surface area contributed by atoms with Crippen molar-refractivity contribution in [2.75, 3.05) is 0 Å². The first-order valence-electron chi connectivity index (χ1n) is 9.05. The van der Waals surface area contributed by atoms with E-state index in [0.717, 1.165) is 29.5 Å². The molecule has 0 aliphatic rings. The molecule has 0 aliphatic heterocycles. The summed E-state index contributed by atoms with van der Waals surface area (Å²) in [6, 6.07) is 12.5. The average Bonchev–Trinajstić information content (AvgIpc) is 2.96. The Labute approximate surface area is 163 Å². The van der Waals surface area contributed by atoms with Gasteiger partial charge in [-0.25, -0.2) is 4.79 Å². The lowest BCUT2D eigenvalue weighted by molar-refractivity contribution is -0.268. The number of carbonyl (C=O) groups is 1. The van der Waals surface area contributed by atoms with Crippen LogP contribution in [0.4, 0.5) is 0 Å². The number of carboxylic acid groups (broad SMARTS) is 1. The number of aromatic carboxylic acids is 1. The molecule has 0 saturated heterocycles. The summed E-state index contributed by atoms with van der Waals surface area (Å²) >= 11 is 0. The number of benzene rings is 2. The molecule has 0 aliphatic carbocycles. The summed E-state index contributed by atoms with van der Waals surface area (Å²) in [5.74, 6) is -0.934. The first-order valence-corrected chi connectivity index (χ1v) is 9.05. The average molecular weight is 374 g/mol. The van der Waals surface area contributed by atoms with Gasteiger partial charge in [0.05, 0.1) is 11.6 Å². The lowest BCUT2D eigenvalue weighted by Crippen LogP contribution is -1.98. The molecule has 1 aromatic heterocycles. The third-order valence-corrected chi connectivity index (χ3v) is 4.79.